The molecular weight excluding hydrogens is 270 g/mol. The van der Waals surface area contributed by atoms with Crippen molar-refractivity contribution in [3.63, 3.8) is 0 Å². The minimum absolute atomic E-state index is 0.0690. The van der Waals surface area contributed by atoms with Crippen LogP contribution < -0.4 is 4.74 Å². The number of aromatic nitrogens is 1. The maximum atomic E-state index is 11.9. The highest BCUT2D eigenvalue weighted by Gasteiger charge is 2.16. The van der Waals surface area contributed by atoms with Gasteiger partial charge in [-0.1, -0.05) is 15.9 Å². The average molecular weight is 282 g/mol. The molecule has 0 saturated carbocycles. The van der Waals surface area contributed by atoms with Gasteiger partial charge in [-0.2, -0.15) is 0 Å². The lowest BCUT2D eigenvalue weighted by Crippen LogP contribution is -2.08. The number of carbonyl (C=O) groups excluding carboxylic acids is 1. The summed E-state index contributed by atoms with van der Waals surface area (Å²) in [4.78, 5) is 14.8. The standard InChI is InChI=1S/C12H12BrNO2/c1-7(13)12(15)10-6-14-11-4-3-8(16-2)5-9(10)11/h3-7,14H,1-2H3. The molecule has 1 N–H and O–H groups in total. The molecule has 0 bridgehead atoms. The third-order valence-corrected chi connectivity index (χ3v) is 2.93. The fourth-order valence-electron chi connectivity index (χ4n) is 1.64. The minimum atomic E-state index is -0.183. The number of rotatable bonds is 3. The van der Waals surface area contributed by atoms with E-state index in [1.165, 1.54) is 0 Å². The highest BCUT2D eigenvalue weighted by atomic mass is 79.9. The SMILES string of the molecule is COc1ccc2[nH]cc(C(=O)C(C)Br)c2c1. The molecule has 0 amide bonds. The van der Waals surface area contributed by atoms with Crippen molar-refractivity contribution in [1.82, 2.24) is 4.98 Å². The third-order valence-electron chi connectivity index (χ3n) is 2.52. The molecule has 1 aromatic carbocycles. The number of benzene rings is 1. The van der Waals surface area contributed by atoms with Crippen molar-refractivity contribution in [3.8, 4) is 5.75 Å². The van der Waals surface area contributed by atoms with Gasteiger partial charge in [0.15, 0.2) is 5.78 Å². The van der Waals surface area contributed by atoms with Gasteiger partial charge in [0, 0.05) is 22.7 Å². The van der Waals surface area contributed by atoms with Gasteiger partial charge in [0.05, 0.1) is 11.9 Å². The molecule has 84 valence electrons. The second-order valence-corrected chi connectivity index (χ2v) is 4.97. The Kier molecular flexibility index (Phi) is 3.01. The summed E-state index contributed by atoms with van der Waals surface area (Å²) in [6.07, 6.45) is 1.74. The quantitative estimate of drug-likeness (QED) is 0.694. The number of nitrogens with one attached hydrogen (secondary N) is 1. The molecule has 2 aromatic rings. The van der Waals surface area contributed by atoms with E-state index in [-0.39, 0.29) is 10.6 Å². The molecule has 0 aliphatic heterocycles. The number of alkyl halides is 1. The van der Waals surface area contributed by atoms with Crippen molar-refractivity contribution in [2.75, 3.05) is 7.11 Å². The van der Waals surface area contributed by atoms with E-state index in [9.17, 15) is 4.79 Å². The van der Waals surface area contributed by atoms with E-state index < -0.39 is 0 Å². The maximum absolute atomic E-state index is 11.9. The van der Waals surface area contributed by atoms with Crippen LogP contribution in [0, 0.1) is 0 Å². The number of aromatic amines is 1. The zero-order valence-electron chi connectivity index (χ0n) is 9.08. The monoisotopic (exact) mass is 281 g/mol. The molecule has 1 unspecified atom stereocenters. The molecule has 0 saturated heterocycles. The van der Waals surface area contributed by atoms with Gasteiger partial charge >= 0.3 is 0 Å². The molecule has 0 radical (unpaired) electrons. The van der Waals surface area contributed by atoms with Gasteiger partial charge in [0.2, 0.25) is 0 Å². The van der Waals surface area contributed by atoms with Gasteiger partial charge in [0.1, 0.15) is 5.75 Å². The first kappa shape index (κ1) is 11.2. The van der Waals surface area contributed by atoms with Crippen LogP contribution in [-0.4, -0.2) is 22.7 Å². The predicted molar refractivity (Wildman–Crippen MR) is 67.6 cm³/mol. The van der Waals surface area contributed by atoms with Gasteiger partial charge in [-0.25, -0.2) is 0 Å². The topological polar surface area (TPSA) is 42.1 Å². The largest absolute Gasteiger partial charge is 0.497 e. The van der Waals surface area contributed by atoms with Crippen molar-refractivity contribution < 1.29 is 9.53 Å². The molecule has 0 fully saturated rings. The van der Waals surface area contributed by atoms with Gasteiger partial charge in [0.25, 0.3) is 0 Å². The fourth-order valence-corrected chi connectivity index (χ4v) is 1.89. The number of ether oxygens (including phenoxy) is 1. The summed E-state index contributed by atoms with van der Waals surface area (Å²) in [5.74, 6) is 0.822. The van der Waals surface area contributed by atoms with Gasteiger partial charge in [-0.3, -0.25) is 4.79 Å². The molecule has 0 aliphatic rings. The van der Waals surface area contributed by atoms with E-state index in [1.54, 1.807) is 13.3 Å². The van der Waals surface area contributed by atoms with Crippen molar-refractivity contribution in [2.24, 2.45) is 0 Å². The Labute approximate surface area is 102 Å². The third kappa shape index (κ3) is 1.85. The minimum Gasteiger partial charge on any atom is -0.497 e. The fraction of sp³-hybridized carbons (Fsp3) is 0.250. The Balaban J connectivity index is 2.58. The number of carbonyl (C=O) groups is 1. The van der Waals surface area contributed by atoms with E-state index in [2.05, 4.69) is 20.9 Å². The molecule has 16 heavy (non-hydrogen) atoms. The van der Waals surface area contributed by atoms with E-state index in [0.29, 0.717) is 5.56 Å². The lowest BCUT2D eigenvalue weighted by Gasteiger charge is -2.02. The van der Waals surface area contributed by atoms with Crippen molar-refractivity contribution in [3.05, 3.63) is 30.0 Å². The molecule has 0 aliphatic carbocycles. The molecule has 1 heterocycles. The lowest BCUT2D eigenvalue weighted by molar-refractivity contribution is 0.0997. The van der Waals surface area contributed by atoms with E-state index in [1.807, 2.05) is 25.1 Å². The van der Waals surface area contributed by atoms with Crippen molar-refractivity contribution >= 4 is 32.6 Å². The number of hydrogen-bond donors (Lipinski definition) is 1. The summed E-state index contributed by atoms with van der Waals surface area (Å²) in [6.45, 7) is 1.82. The first-order valence-corrected chi connectivity index (χ1v) is 5.88. The van der Waals surface area contributed by atoms with Crippen molar-refractivity contribution in [2.45, 2.75) is 11.8 Å². The first-order chi connectivity index (χ1) is 7.63. The number of fused-ring (bicyclic) bond motifs is 1. The van der Waals surface area contributed by atoms with E-state index in [4.69, 9.17) is 4.74 Å². The predicted octanol–water partition coefficient (Wildman–Crippen LogP) is 3.14. The molecular formula is C12H12BrNO2. The zero-order chi connectivity index (χ0) is 11.7. The summed E-state index contributed by atoms with van der Waals surface area (Å²) in [7, 11) is 1.61. The van der Waals surface area contributed by atoms with E-state index in [0.717, 1.165) is 16.7 Å². The summed E-state index contributed by atoms with van der Waals surface area (Å²) >= 11 is 3.29. The number of hydrogen-bond acceptors (Lipinski definition) is 2. The summed E-state index contributed by atoms with van der Waals surface area (Å²) < 4.78 is 5.15. The van der Waals surface area contributed by atoms with Gasteiger partial charge in [-0.15, -0.1) is 0 Å². The molecule has 1 atom stereocenters. The smallest absolute Gasteiger partial charge is 0.178 e. The van der Waals surface area contributed by atoms with E-state index >= 15 is 0 Å². The molecule has 3 nitrogen and oxygen atoms in total. The number of Topliss-reactive ketones (excluding diaryl/α,β-unsaturated/α-hetero) is 1. The van der Waals surface area contributed by atoms with Crippen LogP contribution in [0.3, 0.4) is 0 Å². The number of H-pyrrole nitrogens is 1. The first-order valence-electron chi connectivity index (χ1n) is 4.97. The molecule has 1 aromatic heterocycles. The normalized spacial score (nSPS) is 12.7. The Bertz CT molecular complexity index is 531. The number of halogens is 1. The highest BCUT2D eigenvalue weighted by Crippen LogP contribution is 2.25. The number of methoxy groups -OCH3 is 1. The Morgan fingerprint density at radius 1 is 1.50 bits per heavy atom. The Morgan fingerprint density at radius 2 is 2.25 bits per heavy atom. The molecule has 4 heteroatoms. The summed E-state index contributed by atoms with van der Waals surface area (Å²) in [5, 5.41) is 0.899. The molecule has 0 spiro atoms. The van der Waals surface area contributed by atoms with Crippen LogP contribution in [0.1, 0.15) is 17.3 Å². The second kappa shape index (κ2) is 4.29. The second-order valence-electron chi connectivity index (χ2n) is 3.59. The highest BCUT2D eigenvalue weighted by molar-refractivity contribution is 9.10. The average Bonchev–Trinajstić information content (AvgIpc) is 2.70. The summed E-state index contributed by atoms with van der Waals surface area (Å²) in [6, 6.07) is 5.64. The maximum Gasteiger partial charge on any atom is 0.178 e. The Hall–Kier alpha value is -1.29. The zero-order valence-corrected chi connectivity index (χ0v) is 10.7. The van der Waals surface area contributed by atoms with Crippen LogP contribution in [0.2, 0.25) is 0 Å². The van der Waals surface area contributed by atoms with Crippen LogP contribution in [0.4, 0.5) is 0 Å². The van der Waals surface area contributed by atoms with Gasteiger partial charge < -0.3 is 9.72 Å². The molecule has 2 rings (SSSR count). The lowest BCUT2D eigenvalue weighted by atomic mass is 10.1. The Morgan fingerprint density at radius 3 is 2.88 bits per heavy atom. The summed E-state index contributed by atoms with van der Waals surface area (Å²) in [5.41, 5.74) is 1.63. The van der Waals surface area contributed by atoms with Crippen LogP contribution in [0.25, 0.3) is 10.9 Å². The van der Waals surface area contributed by atoms with Crippen LogP contribution in [0.5, 0.6) is 5.75 Å². The van der Waals surface area contributed by atoms with Crippen LogP contribution in [-0.2, 0) is 0 Å². The van der Waals surface area contributed by atoms with Crippen LogP contribution in [0.15, 0.2) is 24.4 Å². The van der Waals surface area contributed by atoms with Crippen LogP contribution >= 0.6 is 15.9 Å². The van der Waals surface area contributed by atoms with Crippen molar-refractivity contribution in [1.29, 1.82) is 0 Å². The van der Waals surface area contributed by atoms with Gasteiger partial charge in [-0.05, 0) is 25.1 Å². The number of ketones is 1.